The predicted octanol–water partition coefficient (Wildman–Crippen LogP) is 3.37. The lowest BCUT2D eigenvalue weighted by molar-refractivity contribution is -0.154. The van der Waals surface area contributed by atoms with Crippen molar-refractivity contribution in [2.45, 2.75) is 39.7 Å². The molecule has 0 fully saturated rings. The van der Waals surface area contributed by atoms with Gasteiger partial charge in [0.1, 0.15) is 0 Å². The molecule has 0 bridgehead atoms. The molecule has 7 nitrogen and oxygen atoms in total. The second-order valence-corrected chi connectivity index (χ2v) is 7.36. The molecule has 0 heterocycles. The van der Waals surface area contributed by atoms with Crippen LogP contribution in [0.5, 0.6) is 0 Å². The Hall–Kier alpha value is -3.69. The Morgan fingerprint density at radius 3 is 2.36 bits per heavy atom. The van der Waals surface area contributed by atoms with E-state index in [0.717, 1.165) is 17.2 Å². The molecule has 2 rings (SSSR count). The third kappa shape index (κ3) is 7.16. The van der Waals surface area contributed by atoms with Crippen LogP contribution in [-0.4, -0.2) is 36.2 Å². The Kier molecular flexibility index (Phi) is 8.72. The van der Waals surface area contributed by atoms with Gasteiger partial charge in [0.05, 0.1) is 18.7 Å². The van der Waals surface area contributed by atoms with Crippen LogP contribution in [0.4, 0.5) is 18.9 Å². The van der Waals surface area contributed by atoms with Gasteiger partial charge in [-0.1, -0.05) is 17.7 Å². The van der Waals surface area contributed by atoms with Gasteiger partial charge >= 0.3 is 5.97 Å². The monoisotopic (exact) mass is 464 g/mol. The van der Waals surface area contributed by atoms with Gasteiger partial charge in [0.15, 0.2) is 29.3 Å². The summed E-state index contributed by atoms with van der Waals surface area (Å²) in [5.74, 6) is -7.46. The molecule has 0 aromatic heterocycles. The summed E-state index contributed by atoms with van der Waals surface area (Å²) in [6.07, 6.45) is -1.60. The number of benzene rings is 2. The maximum absolute atomic E-state index is 13.6. The number of hydrogen-bond acceptors (Lipinski definition) is 5. The van der Waals surface area contributed by atoms with Gasteiger partial charge in [0.25, 0.3) is 5.91 Å². The number of rotatable bonds is 9. The number of carbonyl (C=O) groups is 4. The zero-order valence-electron chi connectivity index (χ0n) is 18.3. The van der Waals surface area contributed by atoms with Crippen molar-refractivity contribution >= 4 is 29.3 Å². The van der Waals surface area contributed by atoms with Gasteiger partial charge in [0, 0.05) is 12.0 Å². The molecular formula is C23H23F3N2O5. The second kappa shape index (κ2) is 11.3. The summed E-state index contributed by atoms with van der Waals surface area (Å²) in [6, 6.07) is 6.88. The van der Waals surface area contributed by atoms with E-state index in [4.69, 9.17) is 4.74 Å². The zero-order valence-corrected chi connectivity index (χ0v) is 18.3. The molecule has 0 aliphatic rings. The molecule has 2 N–H and O–H groups in total. The summed E-state index contributed by atoms with van der Waals surface area (Å²) in [4.78, 5) is 48.2. The van der Waals surface area contributed by atoms with E-state index in [0.29, 0.717) is 11.6 Å². The van der Waals surface area contributed by atoms with E-state index < -0.39 is 53.6 Å². The Balaban J connectivity index is 1.78. The van der Waals surface area contributed by atoms with Crippen molar-refractivity contribution in [2.24, 2.45) is 0 Å². The van der Waals surface area contributed by atoms with Gasteiger partial charge in [-0.2, -0.15) is 0 Å². The highest BCUT2D eigenvalue weighted by Crippen LogP contribution is 2.19. The van der Waals surface area contributed by atoms with Crippen molar-refractivity contribution in [3.63, 3.8) is 0 Å². The van der Waals surface area contributed by atoms with Crippen molar-refractivity contribution in [3.05, 3.63) is 64.5 Å². The highest BCUT2D eigenvalue weighted by molar-refractivity contribution is 5.99. The molecule has 176 valence electrons. The lowest BCUT2D eigenvalue weighted by Gasteiger charge is -2.14. The molecule has 10 heteroatoms. The number of anilines is 1. The highest BCUT2D eigenvalue weighted by atomic mass is 19.2. The van der Waals surface area contributed by atoms with Gasteiger partial charge in [0.2, 0.25) is 5.91 Å². The number of aryl methyl sites for hydroxylation is 2. The van der Waals surface area contributed by atoms with Crippen LogP contribution in [0.1, 0.15) is 41.3 Å². The fraction of sp³-hybridized carbons (Fsp3) is 0.304. The summed E-state index contributed by atoms with van der Waals surface area (Å²) >= 11 is 0. The first kappa shape index (κ1) is 25.6. The summed E-state index contributed by atoms with van der Waals surface area (Å²) in [7, 11) is 0. The second-order valence-electron chi connectivity index (χ2n) is 7.36. The van der Waals surface area contributed by atoms with E-state index >= 15 is 0 Å². The Labute approximate surface area is 188 Å². The molecule has 0 saturated carbocycles. The molecule has 33 heavy (non-hydrogen) atoms. The molecule has 0 spiro atoms. The first-order valence-corrected chi connectivity index (χ1v) is 10.0. The summed E-state index contributed by atoms with van der Waals surface area (Å²) < 4.78 is 44.6. The molecule has 0 aliphatic carbocycles. The van der Waals surface area contributed by atoms with Crippen molar-refractivity contribution < 1.29 is 37.1 Å². The predicted molar refractivity (Wildman–Crippen MR) is 113 cm³/mol. The number of Topliss-reactive ketones (excluding diaryl/α,β-unsaturated/α-hetero) is 1. The van der Waals surface area contributed by atoms with Gasteiger partial charge in [-0.25, -0.2) is 13.2 Å². The van der Waals surface area contributed by atoms with Crippen LogP contribution in [0.2, 0.25) is 0 Å². The fourth-order valence-electron chi connectivity index (χ4n) is 2.82. The molecule has 0 saturated heterocycles. The number of ketones is 1. The lowest BCUT2D eigenvalue weighted by Crippen LogP contribution is -2.40. The topological polar surface area (TPSA) is 102 Å². The van der Waals surface area contributed by atoms with E-state index in [9.17, 15) is 32.3 Å². The Morgan fingerprint density at radius 1 is 0.970 bits per heavy atom. The van der Waals surface area contributed by atoms with E-state index in [1.54, 1.807) is 13.0 Å². The number of hydrogen-bond donors (Lipinski definition) is 2. The average Bonchev–Trinajstić information content (AvgIpc) is 2.77. The number of nitrogens with one attached hydrogen (secondary N) is 2. The van der Waals surface area contributed by atoms with Crippen LogP contribution in [0, 0.1) is 31.3 Å². The number of esters is 1. The van der Waals surface area contributed by atoms with Crippen molar-refractivity contribution in [2.75, 3.05) is 11.9 Å². The Bertz CT molecular complexity index is 1090. The van der Waals surface area contributed by atoms with Crippen molar-refractivity contribution in [1.82, 2.24) is 5.32 Å². The van der Waals surface area contributed by atoms with Crippen molar-refractivity contribution in [3.8, 4) is 0 Å². The first-order valence-electron chi connectivity index (χ1n) is 10.0. The largest absolute Gasteiger partial charge is 0.453 e. The first-order chi connectivity index (χ1) is 15.5. The minimum Gasteiger partial charge on any atom is -0.453 e. The van der Waals surface area contributed by atoms with E-state index in [-0.39, 0.29) is 18.6 Å². The van der Waals surface area contributed by atoms with E-state index in [1.165, 1.54) is 6.92 Å². The molecule has 0 radical (unpaired) electrons. The van der Waals surface area contributed by atoms with Gasteiger partial charge in [-0.15, -0.1) is 0 Å². The fourth-order valence-corrected chi connectivity index (χ4v) is 2.82. The van der Waals surface area contributed by atoms with Crippen LogP contribution >= 0.6 is 0 Å². The zero-order chi connectivity index (χ0) is 24.7. The van der Waals surface area contributed by atoms with Crippen molar-refractivity contribution in [1.29, 1.82) is 0 Å². The van der Waals surface area contributed by atoms with Gasteiger partial charge < -0.3 is 15.4 Å². The summed E-state index contributed by atoms with van der Waals surface area (Å²) in [5, 5.41) is 4.16. The van der Waals surface area contributed by atoms with Crippen LogP contribution in [0.15, 0.2) is 30.3 Å². The van der Waals surface area contributed by atoms with Crippen LogP contribution in [0.25, 0.3) is 0 Å². The average molecular weight is 464 g/mol. The van der Waals surface area contributed by atoms with Gasteiger partial charge in [-0.3, -0.25) is 19.2 Å². The molecular weight excluding hydrogens is 441 g/mol. The quantitative estimate of drug-likeness (QED) is 0.337. The summed E-state index contributed by atoms with van der Waals surface area (Å²) in [6.45, 7) is 4.27. The lowest BCUT2D eigenvalue weighted by atomic mass is 9.99. The maximum Gasteiger partial charge on any atom is 0.307 e. The number of amides is 2. The van der Waals surface area contributed by atoms with Gasteiger partial charge in [-0.05, 0) is 44.5 Å². The highest BCUT2D eigenvalue weighted by Gasteiger charge is 2.21. The minimum absolute atomic E-state index is 0.0976. The number of carbonyl (C=O) groups excluding carboxylic acids is 4. The maximum atomic E-state index is 13.6. The van der Waals surface area contributed by atoms with E-state index in [2.05, 4.69) is 5.32 Å². The molecule has 2 amide bonds. The number of ether oxygens (including phenoxy) is 1. The third-order valence-corrected chi connectivity index (χ3v) is 4.66. The normalized spacial score (nSPS) is 11.5. The minimum atomic E-state index is -1.74. The Morgan fingerprint density at radius 2 is 1.67 bits per heavy atom. The third-order valence-electron chi connectivity index (χ3n) is 4.66. The molecule has 1 atom stereocenters. The molecule has 2 aromatic rings. The smallest absolute Gasteiger partial charge is 0.307 e. The molecule has 1 unspecified atom stereocenters. The van der Waals surface area contributed by atoms with E-state index in [1.807, 2.05) is 24.4 Å². The number of halogens is 3. The molecule has 0 aliphatic heterocycles. The molecule has 2 aromatic carbocycles. The summed E-state index contributed by atoms with van der Waals surface area (Å²) in [5.41, 5.74) is 1.61. The SMILES string of the molecule is Cc1ccc(C)c(C(=O)CCC(=O)OC(C)C(=O)NCC(=O)Nc2ccc(F)c(F)c2F)c1. The van der Waals surface area contributed by atoms with Crippen LogP contribution in [-0.2, 0) is 19.1 Å². The standard InChI is InChI=1S/C23H23F3N2O5/c1-12-4-5-13(2)15(10-12)18(29)8-9-20(31)33-14(3)23(32)27-11-19(30)28-17-7-6-16(24)21(25)22(17)26/h4-7,10,14H,8-9,11H2,1-3H3,(H,27,32)(H,28,30). The van der Waals surface area contributed by atoms with Crippen LogP contribution in [0.3, 0.4) is 0 Å². The van der Waals surface area contributed by atoms with Crippen LogP contribution < -0.4 is 10.6 Å².